The van der Waals surface area contributed by atoms with Crippen molar-refractivity contribution < 1.29 is 9.59 Å². The van der Waals surface area contributed by atoms with E-state index in [0.29, 0.717) is 0 Å². The van der Waals surface area contributed by atoms with Crippen LogP contribution in [0.2, 0.25) is 0 Å². The fourth-order valence-electron chi connectivity index (χ4n) is 2.05. The van der Waals surface area contributed by atoms with Gasteiger partial charge in [0.1, 0.15) is 0 Å². The zero-order valence-corrected chi connectivity index (χ0v) is 8.71. The van der Waals surface area contributed by atoms with E-state index in [1.807, 2.05) is 13.8 Å². The summed E-state index contributed by atoms with van der Waals surface area (Å²) in [5.74, 6) is 0. The lowest BCUT2D eigenvalue weighted by molar-refractivity contribution is 0.0859. The molecule has 2 rings (SSSR count). The van der Waals surface area contributed by atoms with E-state index >= 15 is 0 Å². The Bertz CT molecular complexity index is 299. The van der Waals surface area contributed by atoms with Gasteiger partial charge < -0.3 is 20.4 Å². The van der Waals surface area contributed by atoms with E-state index < -0.39 is 11.3 Å². The molecule has 0 aromatic heterocycles. The first-order valence-electron chi connectivity index (χ1n) is 4.45. The highest BCUT2D eigenvalue weighted by atomic mass is 16.2. The molecule has 0 aromatic rings. The lowest BCUT2D eigenvalue weighted by Gasteiger charge is -2.37. The van der Waals surface area contributed by atoms with E-state index in [0.717, 1.165) is 0 Å². The van der Waals surface area contributed by atoms with Crippen LogP contribution in [-0.2, 0) is 0 Å². The molecule has 6 heteroatoms. The highest BCUT2D eigenvalue weighted by molar-refractivity contribution is 5.87. The van der Waals surface area contributed by atoms with Crippen molar-refractivity contribution >= 4 is 12.1 Å². The third-order valence-electron chi connectivity index (χ3n) is 3.60. The molecule has 2 fully saturated rings. The maximum Gasteiger partial charge on any atom is 0.321 e. The smallest absolute Gasteiger partial charge is 0.311 e. The molecule has 2 aliphatic heterocycles. The topological polar surface area (TPSA) is 64.7 Å². The average molecular weight is 198 g/mol. The van der Waals surface area contributed by atoms with Crippen molar-refractivity contribution in [2.24, 2.45) is 0 Å². The molecule has 0 aromatic carbocycles. The molecule has 2 N–H and O–H groups in total. The molecule has 78 valence electrons. The Kier molecular flexibility index (Phi) is 1.39. The number of hydrogen-bond donors (Lipinski definition) is 2. The lowest BCUT2D eigenvalue weighted by atomic mass is 9.99. The largest absolute Gasteiger partial charge is 0.321 e. The summed E-state index contributed by atoms with van der Waals surface area (Å²) in [5.41, 5.74) is -1.37. The Hall–Kier alpha value is -1.46. The van der Waals surface area contributed by atoms with Crippen molar-refractivity contribution in [3.05, 3.63) is 0 Å². The van der Waals surface area contributed by atoms with E-state index in [4.69, 9.17) is 0 Å². The third-order valence-corrected chi connectivity index (χ3v) is 3.60. The Labute approximate surface area is 82.2 Å². The number of rotatable bonds is 0. The van der Waals surface area contributed by atoms with Gasteiger partial charge in [0.25, 0.3) is 0 Å². The molecule has 2 aliphatic rings. The van der Waals surface area contributed by atoms with E-state index in [1.165, 1.54) is 9.80 Å². The summed E-state index contributed by atoms with van der Waals surface area (Å²) >= 11 is 0. The molecular formula is C8H14N4O2. The molecule has 0 bridgehead atoms. The monoisotopic (exact) mass is 198 g/mol. The molecule has 4 amide bonds. The first-order chi connectivity index (χ1) is 6.33. The van der Waals surface area contributed by atoms with E-state index in [1.54, 1.807) is 14.1 Å². The Morgan fingerprint density at radius 3 is 1.50 bits per heavy atom. The first kappa shape index (κ1) is 9.11. The van der Waals surface area contributed by atoms with Crippen molar-refractivity contribution in [1.82, 2.24) is 20.4 Å². The van der Waals surface area contributed by atoms with Crippen LogP contribution in [0, 0.1) is 0 Å². The molecule has 2 saturated heterocycles. The van der Waals surface area contributed by atoms with Gasteiger partial charge in [-0.25, -0.2) is 9.59 Å². The van der Waals surface area contributed by atoms with Crippen LogP contribution in [0.3, 0.4) is 0 Å². The summed E-state index contributed by atoms with van der Waals surface area (Å²) in [6.07, 6.45) is 0. The molecule has 0 unspecified atom stereocenters. The number of amides is 4. The summed E-state index contributed by atoms with van der Waals surface area (Å²) < 4.78 is 0. The number of urea groups is 2. The minimum absolute atomic E-state index is 0.179. The second-order valence-corrected chi connectivity index (χ2v) is 4.12. The van der Waals surface area contributed by atoms with Gasteiger partial charge in [-0.2, -0.15) is 0 Å². The number of carbonyl (C=O) groups excluding carboxylic acids is 2. The van der Waals surface area contributed by atoms with E-state index in [2.05, 4.69) is 10.6 Å². The fraction of sp³-hybridized carbons (Fsp3) is 0.750. The van der Waals surface area contributed by atoms with Gasteiger partial charge in [0.15, 0.2) is 11.3 Å². The summed E-state index contributed by atoms with van der Waals surface area (Å²) in [4.78, 5) is 26.0. The molecule has 0 spiro atoms. The van der Waals surface area contributed by atoms with Crippen LogP contribution in [0.4, 0.5) is 9.59 Å². The molecule has 14 heavy (non-hydrogen) atoms. The maximum absolute atomic E-state index is 11.5. The molecular weight excluding hydrogens is 184 g/mol. The maximum atomic E-state index is 11.5. The van der Waals surface area contributed by atoms with Crippen LogP contribution in [-0.4, -0.2) is 47.3 Å². The number of carbonyl (C=O) groups is 2. The highest BCUT2D eigenvalue weighted by Gasteiger charge is 2.65. The number of likely N-dealkylation sites (N-methyl/N-ethyl adjacent to an activating group) is 2. The van der Waals surface area contributed by atoms with Crippen molar-refractivity contribution in [3.63, 3.8) is 0 Å². The van der Waals surface area contributed by atoms with Crippen molar-refractivity contribution in [3.8, 4) is 0 Å². The second-order valence-electron chi connectivity index (χ2n) is 4.12. The van der Waals surface area contributed by atoms with Crippen LogP contribution in [0.1, 0.15) is 13.8 Å². The zero-order valence-electron chi connectivity index (χ0n) is 8.71. The third kappa shape index (κ3) is 0.681. The second kappa shape index (κ2) is 2.13. The van der Waals surface area contributed by atoms with Gasteiger partial charge in [0.05, 0.1) is 0 Å². The van der Waals surface area contributed by atoms with Crippen LogP contribution in [0.5, 0.6) is 0 Å². The van der Waals surface area contributed by atoms with Gasteiger partial charge in [0.2, 0.25) is 0 Å². The summed E-state index contributed by atoms with van der Waals surface area (Å²) in [6, 6.07) is -0.358. The molecule has 0 saturated carbocycles. The number of nitrogens with zero attached hydrogens (tertiary/aromatic N) is 2. The van der Waals surface area contributed by atoms with Crippen LogP contribution < -0.4 is 10.6 Å². The Balaban J connectivity index is 2.51. The summed E-state index contributed by atoms with van der Waals surface area (Å²) in [5, 5.41) is 5.58. The van der Waals surface area contributed by atoms with Crippen LogP contribution >= 0.6 is 0 Å². The van der Waals surface area contributed by atoms with Gasteiger partial charge in [-0.05, 0) is 13.8 Å². The molecule has 0 aliphatic carbocycles. The first-order valence-corrected chi connectivity index (χ1v) is 4.45. The van der Waals surface area contributed by atoms with Crippen LogP contribution in [0.25, 0.3) is 0 Å². The van der Waals surface area contributed by atoms with Gasteiger partial charge in [-0.15, -0.1) is 0 Å². The lowest BCUT2D eigenvalue weighted by Crippen LogP contribution is -2.62. The number of hydrogen-bond acceptors (Lipinski definition) is 2. The molecule has 6 nitrogen and oxygen atoms in total. The summed E-state index contributed by atoms with van der Waals surface area (Å²) in [6.45, 7) is 3.65. The Morgan fingerprint density at radius 2 is 1.21 bits per heavy atom. The minimum atomic E-state index is -0.685. The predicted molar refractivity (Wildman–Crippen MR) is 49.4 cm³/mol. The average Bonchev–Trinajstić information content (AvgIpc) is 2.37. The SMILES string of the molecule is CN1C(=O)N[C@]2(C)N(C)C(=O)N[C@]12C. The van der Waals surface area contributed by atoms with Gasteiger partial charge in [0, 0.05) is 14.1 Å². The fourth-order valence-corrected chi connectivity index (χ4v) is 2.05. The zero-order chi connectivity index (χ0) is 10.7. The number of nitrogens with one attached hydrogen (secondary N) is 2. The standard InChI is InChI=1S/C8H14N4O2/c1-7-8(2,10-6(14)11(7)3)12(4)5(13)9-7/h1-4H3,(H,9,13)(H,10,14)/t7-,8-/m1/s1. The van der Waals surface area contributed by atoms with Crippen molar-refractivity contribution in [1.29, 1.82) is 0 Å². The van der Waals surface area contributed by atoms with E-state index in [-0.39, 0.29) is 12.1 Å². The molecule has 0 radical (unpaired) electrons. The van der Waals surface area contributed by atoms with E-state index in [9.17, 15) is 9.59 Å². The van der Waals surface area contributed by atoms with Gasteiger partial charge in [-0.1, -0.05) is 0 Å². The van der Waals surface area contributed by atoms with Crippen molar-refractivity contribution in [2.75, 3.05) is 14.1 Å². The molecule has 2 atom stereocenters. The Morgan fingerprint density at radius 1 is 0.929 bits per heavy atom. The predicted octanol–water partition coefficient (Wildman–Crippen LogP) is -0.271. The van der Waals surface area contributed by atoms with Crippen LogP contribution in [0.15, 0.2) is 0 Å². The van der Waals surface area contributed by atoms with Crippen molar-refractivity contribution in [2.45, 2.75) is 25.2 Å². The number of fused-ring (bicyclic) bond motifs is 1. The summed E-state index contributed by atoms with van der Waals surface area (Å²) in [7, 11) is 3.33. The van der Waals surface area contributed by atoms with Gasteiger partial charge >= 0.3 is 12.1 Å². The van der Waals surface area contributed by atoms with Gasteiger partial charge in [-0.3, -0.25) is 0 Å². The highest BCUT2D eigenvalue weighted by Crippen LogP contribution is 2.37. The normalized spacial score (nSPS) is 41.1. The quantitative estimate of drug-likeness (QED) is 0.562. The molecule has 2 heterocycles. The minimum Gasteiger partial charge on any atom is -0.311 e.